The molecule has 0 saturated heterocycles. The fourth-order valence-electron chi connectivity index (χ4n) is 1.04. The Morgan fingerprint density at radius 3 is 2.38 bits per heavy atom. The molecule has 0 unspecified atom stereocenters. The van der Waals surface area contributed by atoms with Gasteiger partial charge in [0.25, 0.3) is 0 Å². The molecule has 0 aliphatic heterocycles. The van der Waals surface area contributed by atoms with Gasteiger partial charge in [0.05, 0.1) is 0 Å². The van der Waals surface area contributed by atoms with Crippen LogP contribution in [-0.4, -0.2) is 22.6 Å². The van der Waals surface area contributed by atoms with Crippen molar-refractivity contribution in [1.82, 2.24) is 4.90 Å². The molecule has 0 spiro atoms. The zero-order valence-electron chi connectivity index (χ0n) is 8.54. The molecule has 74 valence electrons. The highest BCUT2D eigenvalue weighted by molar-refractivity contribution is 5.70. The third-order valence-corrected chi connectivity index (χ3v) is 1.74. The molecule has 1 fully saturated rings. The number of hydrogen-bond donors (Lipinski definition) is 0. The van der Waals surface area contributed by atoms with E-state index in [-0.39, 0.29) is 6.09 Å². The lowest BCUT2D eigenvalue weighted by atomic mass is 10.2. The maximum atomic E-state index is 11.5. The van der Waals surface area contributed by atoms with E-state index in [9.17, 15) is 4.79 Å². The molecule has 0 radical (unpaired) electrons. The van der Waals surface area contributed by atoms with Crippen LogP contribution in [0.25, 0.3) is 0 Å². The third kappa shape index (κ3) is 3.09. The monoisotopic (exact) mass is 183 g/mol. The highest BCUT2D eigenvalue weighted by Gasteiger charge is 2.33. The molecule has 3 heteroatoms. The van der Waals surface area contributed by atoms with Crippen LogP contribution in [0.5, 0.6) is 0 Å². The van der Waals surface area contributed by atoms with Gasteiger partial charge >= 0.3 is 6.09 Å². The Labute approximate surface area is 79.4 Å². The highest BCUT2D eigenvalue weighted by atomic mass is 16.6. The van der Waals surface area contributed by atoms with Gasteiger partial charge in [-0.3, -0.25) is 4.90 Å². The molecule has 0 heterocycles. The van der Waals surface area contributed by atoms with Gasteiger partial charge in [0.1, 0.15) is 5.60 Å². The fourth-order valence-corrected chi connectivity index (χ4v) is 1.04. The number of carbonyl (C=O) groups is 1. The molecular weight excluding hydrogens is 166 g/mol. The Morgan fingerprint density at radius 2 is 2.08 bits per heavy atom. The molecule has 1 saturated carbocycles. The van der Waals surface area contributed by atoms with Crippen molar-refractivity contribution >= 4 is 6.09 Å². The third-order valence-electron chi connectivity index (χ3n) is 1.74. The van der Waals surface area contributed by atoms with Crippen molar-refractivity contribution in [2.75, 3.05) is 0 Å². The summed E-state index contributed by atoms with van der Waals surface area (Å²) in [6.07, 6.45) is 3.38. The molecular formula is C10H17NO2. The number of carbonyl (C=O) groups excluding carboxylic acids is 1. The van der Waals surface area contributed by atoms with Crippen molar-refractivity contribution in [2.24, 2.45) is 0 Å². The molecule has 3 nitrogen and oxygen atoms in total. The molecule has 1 amide bonds. The molecule has 0 aromatic rings. The van der Waals surface area contributed by atoms with E-state index in [0.717, 1.165) is 12.8 Å². The smallest absolute Gasteiger partial charge is 0.414 e. The molecule has 1 aliphatic rings. The topological polar surface area (TPSA) is 29.5 Å². The molecule has 1 aliphatic carbocycles. The molecule has 0 aromatic heterocycles. The zero-order valence-corrected chi connectivity index (χ0v) is 8.54. The first-order valence-corrected chi connectivity index (χ1v) is 4.58. The normalized spacial score (nSPS) is 16.5. The van der Waals surface area contributed by atoms with Crippen molar-refractivity contribution in [3.05, 3.63) is 12.8 Å². The van der Waals surface area contributed by atoms with Gasteiger partial charge in [-0.15, -0.1) is 0 Å². The van der Waals surface area contributed by atoms with Crippen LogP contribution in [0.1, 0.15) is 33.6 Å². The largest absolute Gasteiger partial charge is 0.443 e. The minimum atomic E-state index is -0.423. The quantitative estimate of drug-likeness (QED) is 0.658. The standard InChI is InChI=1S/C10H17NO2/c1-5-11(8-6-7-8)9(12)13-10(2,3)4/h5,8H,1,6-7H2,2-4H3. The summed E-state index contributed by atoms with van der Waals surface area (Å²) in [6, 6.07) is 0.326. The lowest BCUT2D eigenvalue weighted by molar-refractivity contribution is 0.0324. The van der Waals surface area contributed by atoms with Crippen molar-refractivity contribution < 1.29 is 9.53 Å². The Morgan fingerprint density at radius 1 is 1.54 bits per heavy atom. The highest BCUT2D eigenvalue weighted by Crippen LogP contribution is 2.28. The van der Waals surface area contributed by atoms with Gasteiger partial charge < -0.3 is 4.74 Å². The van der Waals surface area contributed by atoms with Crippen LogP contribution < -0.4 is 0 Å². The van der Waals surface area contributed by atoms with Crippen molar-refractivity contribution in [2.45, 2.75) is 45.3 Å². The minimum absolute atomic E-state index is 0.287. The predicted molar refractivity (Wildman–Crippen MR) is 51.3 cm³/mol. The molecule has 0 aromatic carbocycles. The van der Waals surface area contributed by atoms with Gasteiger partial charge in [-0.2, -0.15) is 0 Å². The lowest BCUT2D eigenvalue weighted by Crippen LogP contribution is -2.34. The molecule has 0 atom stereocenters. The van der Waals surface area contributed by atoms with Crippen LogP contribution in [-0.2, 0) is 4.74 Å². The van der Waals surface area contributed by atoms with Crippen LogP contribution in [0, 0.1) is 0 Å². The van der Waals surface area contributed by atoms with Crippen LogP contribution >= 0.6 is 0 Å². The van der Waals surface area contributed by atoms with Crippen LogP contribution in [0.2, 0.25) is 0 Å². The molecule has 0 N–H and O–H groups in total. The maximum absolute atomic E-state index is 11.5. The molecule has 0 bridgehead atoms. The average molecular weight is 183 g/mol. The van der Waals surface area contributed by atoms with E-state index in [1.807, 2.05) is 20.8 Å². The van der Waals surface area contributed by atoms with E-state index in [1.54, 1.807) is 11.1 Å². The minimum Gasteiger partial charge on any atom is -0.443 e. The number of nitrogens with zero attached hydrogens (tertiary/aromatic N) is 1. The SMILES string of the molecule is C=CN(C(=O)OC(C)(C)C)C1CC1. The Bertz CT molecular complexity index is 213. The van der Waals surface area contributed by atoms with E-state index in [2.05, 4.69) is 6.58 Å². The second kappa shape index (κ2) is 3.40. The van der Waals surface area contributed by atoms with Gasteiger partial charge in [-0.05, 0) is 33.6 Å². The lowest BCUT2D eigenvalue weighted by Gasteiger charge is -2.24. The van der Waals surface area contributed by atoms with Gasteiger partial charge in [0, 0.05) is 12.2 Å². The first kappa shape index (κ1) is 10.1. The zero-order chi connectivity index (χ0) is 10.1. The Balaban J connectivity index is 2.49. The van der Waals surface area contributed by atoms with Gasteiger partial charge in [-0.25, -0.2) is 4.79 Å². The summed E-state index contributed by atoms with van der Waals surface area (Å²) in [5, 5.41) is 0. The van der Waals surface area contributed by atoms with E-state index in [1.165, 1.54) is 0 Å². The summed E-state index contributed by atoms with van der Waals surface area (Å²) >= 11 is 0. The number of ether oxygens (including phenoxy) is 1. The van der Waals surface area contributed by atoms with Crippen LogP contribution in [0.4, 0.5) is 4.79 Å². The van der Waals surface area contributed by atoms with E-state index < -0.39 is 5.60 Å². The number of hydrogen-bond acceptors (Lipinski definition) is 2. The number of rotatable bonds is 2. The summed E-state index contributed by atoms with van der Waals surface area (Å²) in [7, 11) is 0. The second-order valence-electron chi connectivity index (χ2n) is 4.30. The first-order valence-electron chi connectivity index (χ1n) is 4.58. The van der Waals surface area contributed by atoms with Crippen molar-refractivity contribution in [3.63, 3.8) is 0 Å². The predicted octanol–water partition coefficient (Wildman–Crippen LogP) is 2.53. The fraction of sp³-hybridized carbons (Fsp3) is 0.700. The average Bonchev–Trinajstić information content (AvgIpc) is 2.68. The number of amides is 1. The second-order valence-corrected chi connectivity index (χ2v) is 4.30. The van der Waals surface area contributed by atoms with Gasteiger partial charge in [0.2, 0.25) is 0 Å². The van der Waals surface area contributed by atoms with E-state index in [0.29, 0.717) is 6.04 Å². The Hall–Kier alpha value is -0.990. The summed E-state index contributed by atoms with van der Waals surface area (Å²) in [6.45, 7) is 9.18. The summed E-state index contributed by atoms with van der Waals surface area (Å²) in [5.74, 6) is 0. The van der Waals surface area contributed by atoms with Gasteiger partial charge in [0.15, 0.2) is 0 Å². The first-order chi connectivity index (χ1) is 5.94. The summed E-state index contributed by atoms with van der Waals surface area (Å²) < 4.78 is 5.21. The Kier molecular flexibility index (Phi) is 2.64. The molecule has 13 heavy (non-hydrogen) atoms. The van der Waals surface area contributed by atoms with Crippen LogP contribution in [0.15, 0.2) is 12.8 Å². The van der Waals surface area contributed by atoms with E-state index in [4.69, 9.17) is 4.74 Å². The van der Waals surface area contributed by atoms with E-state index >= 15 is 0 Å². The maximum Gasteiger partial charge on any atom is 0.414 e. The van der Waals surface area contributed by atoms with Crippen LogP contribution in [0.3, 0.4) is 0 Å². The molecule has 1 rings (SSSR count). The van der Waals surface area contributed by atoms with Crippen molar-refractivity contribution in [1.29, 1.82) is 0 Å². The summed E-state index contributed by atoms with van der Waals surface area (Å²) in [5.41, 5.74) is -0.423. The van der Waals surface area contributed by atoms with Gasteiger partial charge in [-0.1, -0.05) is 6.58 Å². The van der Waals surface area contributed by atoms with Crippen molar-refractivity contribution in [3.8, 4) is 0 Å². The summed E-state index contributed by atoms with van der Waals surface area (Å²) in [4.78, 5) is 13.1.